The molecule has 0 aromatic carbocycles. The minimum Gasteiger partial charge on any atom is -0.196 e. The molecule has 0 radical (unpaired) electrons. The highest BCUT2D eigenvalue weighted by atomic mass is 79.9. The number of aromatic amines is 1. The van der Waals surface area contributed by atoms with Gasteiger partial charge in [-0.2, -0.15) is 5.21 Å². The summed E-state index contributed by atoms with van der Waals surface area (Å²) in [5, 5.41) is 9.70. The predicted molar refractivity (Wildman–Crippen MR) is 31.8 cm³/mol. The summed E-state index contributed by atoms with van der Waals surface area (Å²) in [6, 6.07) is 0. The van der Waals surface area contributed by atoms with Gasteiger partial charge in [-0.15, -0.1) is 10.2 Å². The Labute approximate surface area is 56.8 Å². The lowest BCUT2D eigenvalue weighted by Gasteiger charge is -1.69. The normalized spacial score (nSPS) is 9.43. The van der Waals surface area contributed by atoms with Crippen molar-refractivity contribution in [3.05, 3.63) is 9.21 Å². The minimum absolute atomic E-state index is 0.701. The molecule has 7 heavy (non-hydrogen) atoms. The molecule has 3 nitrogen and oxygen atoms in total. The van der Waals surface area contributed by atoms with Crippen molar-refractivity contribution >= 4 is 31.9 Å². The molecule has 0 atom stereocenters. The molecule has 0 saturated heterocycles. The van der Waals surface area contributed by atoms with Gasteiger partial charge in [-0.05, 0) is 31.9 Å². The fourth-order valence-corrected chi connectivity index (χ4v) is 0.541. The summed E-state index contributed by atoms with van der Waals surface area (Å²) in [5.41, 5.74) is 0. The quantitative estimate of drug-likeness (QED) is 0.726. The molecule has 0 aliphatic heterocycles. The van der Waals surface area contributed by atoms with E-state index in [-0.39, 0.29) is 0 Å². The largest absolute Gasteiger partial charge is 0.196 e. The van der Waals surface area contributed by atoms with E-state index in [1.165, 1.54) is 0 Å². The summed E-state index contributed by atoms with van der Waals surface area (Å²) in [6.45, 7) is 0. The van der Waals surface area contributed by atoms with E-state index in [1.807, 2.05) is 0 Å². The van der Waals surface area contributed by atoms with Crippen LogP contribution in [0.4, 0.5) is 0 Å². The average molecular weight is 227 g/mol. The van der Waals surface area contributed by atoms with E-state index in [1.54, 1.807) is 0 Å². The van der Waals surface area contributed by atoms with Gasteiger partial charge in [-0.3, -0.25) is 0 Å². The monoisotopic (exact) mass is 225 g/mol. The number of nitrogens with one attached hydrogen (secondary N) is 1. The molecule has 1 aromatic rings. The average Bonchev–Trinajstić information content (AvgIpc) is 1.91. The van der Waals surface area contributed by atoms with Crippen LogP contribution < -0.4 is 0 Å². The summed E-state index contributed by atoms with van der Waals surface area (Å²) in [5.74, 6) is 0. The lowest BCUT2D eigenvalue weighted by atomic mass is 11.0. The Hall–Kier alpha value is 0.1000. The summed E-state index contributed by atoms with van der Waals surface area (Å²) in [7, 11) is 0. The molecule has 1 heterocycles. The fraction of sp³-hybridized carbons (Fsp3) is 0. The van der Waals surface area contributed by atoms with Gasteiger partial charge in [0.05, 0.1) is 0 Å². The molecule has 5 heteroatoms. The van der Waals surface area contributed by atoms with Crippen LogP contribution in [-0.2, 0) is 0 Å². The highest BCUT2D eigenvalue weighted by molar-refractivity contribution is 9.13. The molecule has 38 valence electrons. The number of rotatable bonds is 0. The fourth-order valence-electron chi connectivity index (χ4n) is 0.205. The van der Waals surface area contributed by atoms with E-state index >= 15 is 0 Å². The highest BCUT2D eigenvalue weighted by Gasteiger charge is 1.95. The molecular formula is C2HBr2N3. The van der Waals surface area contributed by atoms with Crippen molar-refractivity contribution in [2.24, 2.45) is 0 Å². The zero-order valence-electron chi connectivity index (χ0n) is 3.15. The maximum atomic E-state index is 3.65. The van der Waals surface area contributed by atoms with E-state index < -0.39 is 0 Å². The molecule has 0 unspecified atom stereocenters. The number of hydrogen-bond donors (Lipinski definition) is 1. The second-order valence-electron chi connectivity index (χ2n) is 0.905. The second kappa shape index (κ2) is 1.92. The number of hydrogen-bond acceptors (Lipinski definition) is 2. The molecule has 1 aromatic heterocycles. The Bertz CT molecular complexity index is 143. The maximum Gasteiger partial charge on any atom is 0.162 e. The van der Waals surface area contributed by atoms with Crippen LogP contribution in [0.25, 0.3) is 0 Å². The number of nitrogens with zero attached hydrogens (tertiary/aromatic N) is 2. The smallest absolute Gasteiger partial charge is 0.162 e. The summed E-state index contributed by atoms with van der Waals surface area (Å²) in [6.07, 6.45) is 0. The lowest BCUT2D eigenvalue weighted by molar-refractivity contribution is 0.929. The van der Waals surface area contributed by atoms with E-state index in [0.29, 0.717) is 9.21 Å². The Balaban J connectivity index is 3.12. The highest BCUT2D eigenvalue weighted by Crippen LogP contribution is 2.14. The van der Waals surface area contributed by atoms with Gasteiger partial charge in [0.1, 0.15) is 0 Å². The van der Waals surface area contributed by atoms with Gasteiger partial charge in [0.15, 0.2) is 9.21 Å². The molecule has 1 rings (SSSR count). The summed E-state index contributed by atoms with van der Waals surface area (Å²) >= 11 is 6.23. The van der Waals surface area contributed by atoms with Gasteiger partial charge >= 0.3 is 0 Å². The van der Waals surface area contributed by atoms with E-state index in [9.17, 15) is 0 Å². The SMILES string of the molecule is Brc1n[nH]nc1Br. The first-order chi connectivity index (χ1) is 3.30. The predicted octanol–water partition coefficient (Wildman–Crippen LogP) is 1.33. The first-order valence-corrected chi connectivity index (χ1v) is 3.11. The molecule has 0 saturated carbocycles. The van der Waals surface area contributed by atoms with Crippen molar-refractivity contribution in [3.63, 3.8) is 0 Å². The maximum absolute atomic E-state index is 3.65. The van der Waals surface area contributed by atoms with Crippen LogP contribution in [0.3, 0.4) is 0 Å². The zero-order valence-corrected chi connectivity index (χ0v) is 6.32. The number of halogens is 2. The number of H-pyrrole nitrogens is 1. The third kappa shape index (κ3) is 1.01. The first-order valence-electron chi connectivity index (χ1n) is 1.52. The molecule has 0 aliphatic carbocycles. The molecule has 0 aliphatic rings. The van der Waals surface area contributed by atoms with Crippen molar-refractivity contribution in [1.29, 1.82) is 0 Å². The number of aromatic nitrogens is 3. The van der Waals surface area contributed by atoms with Gasteiger partial charge in [0, 0.05) is 0 Å². The standard InChI is InChI=1S/C2HBr2N3/c3-1-2(4)6-7-5-1/h(H,5,6,7). The van der Waals surface area contributed by atoms with Gasteiger partial charge in [-0.25, -0.2) is 0 Å². The summed E-state index contributed by atoms with van der Waals surface area (Å²) in [4.78, 5) is 0. The third-order valence-corrected chi connectivity index (χ3v) is 2.10. The van der Waals surface area contributed by atoms with Crippen LogP contribution in [0, 0.1) is 0 Å². The Morgan fingerprint density at radius 1 is 1.14 bits per heavy atom. The van der Waals surface area contributed by atoms with Crippen molar-refractivity contribution in [2.75, 3.05) is 0 Å². The van der Waals surface area contributed by atoms with Crippen LogP contribution in [0.1, 0.15) is 0 Å². The van der Waals surface area contributed by atoms with Crippen LogP contribution in [0.2, 0.25) is 0 Å². The Morgan fingerprint density at radius 2 is 1.57 bits per heavy atom. The molecule has 0 bridgehead atoms. The van der Waals surface area contributed by atoms with E-state index in [2.05, 4.69) is 47.3 Å². The van der Waals surface area contributed by atoms with Gasteiger partial charge in [-0.1, -0.05) is 0 Å². The second-order valence-corrected chi connectivity index (χ2v) is 2.41. The Morgan fingerprint density at radius 3 is 1.71 bits per heavy atom. The summed E-state index contributed by atoms with van der Waals surface area (Å²) < 4.78 is 1.40. The van der Waals surface area contributed by atoms with Gasteiger partial charge in [0.2, 0.25) is 0 Å². The van der Waals surface area contributed by atoms with Gasteiger partial charge < -0.3 is 0 Å². The van der Waals surface area contributed by atoms with Crippen molar-refractivity contribution in [1.82, 2.24) is 15.4 Å². The van der Waals surface area contributed by atoms with Crippen molar-refractivity contribution < 1.29 is 0 Å². The van der Waals surface area contributed by atoms with Crippen LogP contribution in [0.5, 0.6) is 0 Å². The van der Waals surface area contributed by atoms with Crippen molar-refractivity contribution in [2.45, 2.75) is 0 Å². The topological polar surface area (TPSA) is 41.6 Å². The zero-order chi connectivity index (χ0) is 5.28. The molecule has 0 fully saturated rings. The minimum atomic E-state index is 0.701. The van der Waals surface area contributed by atoms with E-state index in [4.69, 9.17) is 0 Å². The van der Waals surface area contributed by atoms with Crippen LogP contribution >= 0.6 is 31.9 Å². The van der Waals surface area contributed by atoms with Crippen LogP contribution in [-0.4, -0.2) is 15.4 Å². The molecular weight excluding hydrogens is 226 g/mol. The van der Waals surface area contributed by atoms with Crippen LogP contribution in [0.15, 0.2) is 9.21 Å². The molecule has 1 N–H and O–H groups in total. The van der Waals surface area contributed by atoms with Crippen molar-refractivity contribution in [3.8, 4) is 0 Å². The third-order valence-electron chi connectivity index (χ3n) is 0.467. The Kier molecular flexibility index (Phi) is 1.43. The van der Waals surface area contributed by atoms with Gasteiger partial charge in [0.25, 0.3) is 0 Å². The lowest BCUT2D eigenvalue weighted by Crippen LogP contribution is -1.64. The molecule has 0 spiro atoms. The first kappa shape index (κ1) is 5.24. The van der Waals surface area contributed by atoms with E-state index in [0.717, 1.165) is 0 Å². The molecule has 0 amide bonds.